The molecule has 0 aliphatic carbocycles. The second-order valence-electron chi connectivity index (χ2n) is 5.01. The summed E-state index contributed by atoms with van der Waals surface area (Å²) in [6.07, 6.45) is 7.78. The van der Waals surface area contributed by atoms with Crippen molar-refractivity contribution in [1.82, 2.24) is 0 Å². The largest absolute Gasteiger partial charge is 0.481 e. The molecular formula is C18H26O2. The zero-order valence-corrected chi connectivity index (χ0v) is 13.0. The first-order chi connectivity index (χ1) is 9.60. The number of carbonyl (C=O) groups is 1. The fraction of sp³-hybridized carbons (Fsp3) is 0.611. The monoisotopic (exact) mass is 274 g/mol. The summed E-state index contributed by atoms with van der Waals surface area (Å²) >= 11 is 0. The molecular weight excluding hydrogens is 248 g/mol. The van der Waals surface area contributed by atoms with Crippen molar-refractivity contribution in [2.45, 2.75) is 65.7 Å². The van der Waals surface area contributed by atoms with Crippen LogP contribution in [0.15, 0.2) is 11.6 Å². The van der Waals surface area contributed by atoms with Crippen LogP contribution in [0.3, 0.4) is 0 Å². The quantitative estimate of drug-likeness (QED) is 0.384. The molecule has 110 valence electrons. The maximum absolute atomic E-state index is 10.9. The number of hydrogen-bond donors (Lipinski definition) is 1. The molecule has 1 N–H and O–H groups in total. The highest BCUT2D eigenvalue weighted by Gasteiger charge is 2.07. The molecule has 20 heavy (non-hydrogen) atoms. The van der Waals surface area contributed by atoms with E-state index in [1.807, 2.05) is 13.8 Å². The van der Waals surface area contributed by atoms with Gasteiger partial charge in [-0.25, -0.2) is 0 Å². The lowest BCUT2D eigenvalue weighted by Gasteiger charge is -2.11. The van der Waals surface area contributed by atoms with E-state index in [2.05, 4.69) is 36.7 Å². The van der Waals surface area contributed by atoms with E-state index in [1.165, 1.54) is 0 Å². The molecule has 0 rings (SSSR count). The fourth-order valence-corrected chi connectivity index (χ4v) is 1.95. The van der Waals surface area contributed by atoms with Gasteiger partial charge in [0.05, 0.1) is 6.42 Å². The van der Waals surface area contributed by atoms with E-state index in [-0.39, 0.29) is 6.42 Å². The highest BCUT2D eigenvalue weighted by molar-refractivity contribution is 5.69. The molecule has 0 radical (unpaired) electrons. The molecule has 0 aromatic heterocycles. The maximum Gasteiger partial charge on any atom is 0.307 e. The van der Waals surface area contributed by atoms with Crippen LogP contribution in [0.2, 0.25) is 0 Å². The predicted molar refractivity (Wildman–Crippen MR) is 84.1 cm³/mol. The summed E-state index contributed by atoms with van der Waals surface area (Å²) in [5.74, 6) is 11.7. The molecule has 0 amide bonds. The summed E-state index contributed by atoms with van der Waals surface area (Å²) in [5.41, 5.74) is 1.03. The molecule has 1 unspecified atom stereocenters. The van der Waals surface area contributed by atoms with Crippen LogP contribution >= 0.6 is 0 Å². The molecule has 0 bridgehead atoms. The topological polar surface area (TPSA) is 37.3 Å². The minimum Gasteiger partial charge on any atom is -0.481 e. The summed E-state index contributed by atoms with van der Waals surface area (Å²) in [6, 6.07) is 0. The third kappa shape index (κ3) is 11.4. The molecule has 0 heterocycles. The molecule has 0 saturated heterocycles. The lowest BCUT2D eigenvalue weighted by molar-refractivity contribution is -0.136. The van der Waals surface area contributed by atoms with Gasteiger partial charge in [0.1, 0.15) is 0 Å². The highest BCUT2D eigenvalue weighted by atomic mass is 16.4. The predicted octanol–water partition coefficient (Wildman–Crippen LogP) is 4.41. The molecule has 1 atom stereocenters. The molecule has 2 heteroatoms. The number of rotatable bonds is 9. The SMILES string of the molecule is CC#CCCC=C(CCC(C)CCC#CC)CC(=O)O. The van der Waals surface area contributed by atoms with E-state index in [9.17, 15) is 4.79 Å². The van der Waals surface area contributed by atoms with Gasteiger partial charge in [-0.05, 0) is 45.4 Å². The Hall–Kier alpha value is -1.67. The van der Waals surface area contributed by atoms with Crippen LogP contribution < -0.4 is 0 Å². The van der Waals surface area contributed by atoms with Gasteiger partial charge in [0.15, 0.2) is 0 Å². The molecule has 0 fully saturated rings. The number of hydrogen-bond acceptors (Lipinski definition) is 1. The van der Waals surface area contributed by atoms with Crippen LogP contribution in [-0.2, 0) is 4.79 Å². The van der Waals surface area contributed by atoms with Crippen LogP contribution in [0.5, 0.6) is 0 Å². The molecule has 0 saturated carbocycles. The number of aliphatic carboxylic acids is 1. The van der Waals surface area contributed by atoms with Crippen molar-refractivity contribution in [1.29, 1.82) is 0 Å². The van der Waals surface area contributed by atoms with Gasteiger partial charge in [0.2, 0.25) is 0 Å². The van der Waals surface area contributed by atoms with Gasteiger partial charge in [-0.3, -0.25) is 4.79 Å². The Labute approximate surface area is 123 Å². The van der Waals surface area contributed by atoms with Crippen LogP contribution in [0.4, 0.5) is 0 Å². The standard InChI is InChI=1S/C18H26O2/c1-4-6-8-10-12-17(15-18(19)20)14-13-16(3)11-9-7-5-2/h12,16H,8-11,13-15H2,1-3H3,(H,19,20). The van der Waals surface area contributed by atoms with E-state index in [4.69, 9.17) is 5.11 Å². The summed E-state index contributed by atoms with van der Waals surface area (Å²) < 4.78 is 0. The van der Waals surface area contributed by atoms with Crippen molar-refractivity contribution in [3.63, 3.8) is 0 Å². The Bertz CT molecular complexity index is 424. The summed E-state index contributed by atoms with van der Waals surface area (Å²) in [4.78, 5) is 10.9. The van der Waals surface area contributed by atoms with Crippen LogP contribution in [-0.4, -0.2) is 11.1 Å². The first-order valence-corrected chi connectivity index (χ1v) is 7.29. The van der Waals surface area contributed by atoms with Gasteiger partial charge in [-0.1, -0.05) is 18.6 Å². The van der Waals surface area contributed by atoms with Crippen LogP contribution in [0.1, 0.15) is 65.7 Å². The van der Waals surface area contributed by atoms with Gasteiger partial charge in [0.25, 0.3) is 0 Å². The van der Waals surface area contributed by atoms with Crippen LogP contribution in [0.25, 0.3) is 0 Å². The molecule has 0 aliphatic heterocycles. The molecule has 0 spiro atoms. The Morgan fingerprint density at radius 3 is 2.40 bits per heavy atom. The lowest BCUT2D eigenvalue weighted by Crippen LogP contribution is -2.01. The van der Waals surface area contributed by atoms with Crippen molar-refractivity contribution in [2.75, 3.05) is 0 Å². The summed E-state index contributed by atoms with van der Waals surface area (Å²) in [5, 5.41) is 8.94. The second-order valence-corrected chi connectivity index (χ2v) is 5.01. The number of allylic oxidation sites excluding steroid dienone is 1. The smallest absolute Gasteiger partial charge is 0.307 e. The first-order valence-electron chi connectivity index (χ1n) is 7.29. The molecule has 2 nitrogen and oxygen atoms in total. The third-order valence-electron chi connectivity index (χ3n) is 3.15. The van der Waals surface area contributed by atoms with Crippen molar-refractivity contribution in [3.05, 3.63) is 11.6 Å². The van der Waals surface area contributed by atoms with E-state index in [0.29, 0.717) is 5.92 Å². The van der Waals surface area contributed by atoms with E-state index >= 15 is 0 Å². The second kappa shape index (κ2) is 12.4. The Morgan fingerprint density at radius 1 is 1.15 bits per heavy atom. The number of carboxylic acid groups (broad SMARTS) is 1. The average Bonchev–Trinajstić information content (AvgIpc) is 2.40. The van der Waals surface area contributed by atoms with E-state index < -0.39 is 5.97 Å². The van der Waals surface area contributed by atoms with Gasteiger partial charge in [-0.2, -0.15) is 0 Å². The normalized spacial score (nSPS) is 11.8. The zero-order chi connectivity index (χ0) is 15.2. The lowest BCUT2D eigenvalue weighted by atomic mass is 9.95. The summed E-state index contributed by atoms with van der Waals surface area (Å²) in [6.45, 7) is 5.89. The average molecular weight is 274 g/mol. The van der Waals surface area contributed by atoms with Crippen molar-refractivity contribution in [3.8, 4) is 23.7 Å². The molecule has 0 aliphatic rings. The van der Waals surface area contributed by atoms with Crippen molar-refractivity contribution in [2.24, 2.45) is 5.92 Å². The van der Waals surface area contributed by atoms with Gasteiger partial charge in [0, 0.05) is 12.8 Å². The van der Waals surface area contributed by atoms with Crippen molar-refractivity contribution >= 4 is 5.97 Å². The third-order valence-corrected chi connectivity index (χ3v) is 3.15. The maximum atomic E-state index is 10.9. The summed E-state index contributed by atoms with van der Waals surface area (Å²) in [7, 11) is 0. The Morgan fingerprint density at radius 2 is 1.80 bits per heavy atom. The van der Waals surface area contributed by atoms with Gasteiger partial charge >= 0.3 is 5.97 Å². The first kappa shape index (κ1) is 18.3. The van der Waals surface area contributed by atoms with Crippen molar-refractivity contribution < 1.29 is 9.90 Å². The number of carboxylic acids is 1. The zero-order valence-electron chi connectivity index (χ0n) is 13.0. The number of unbranched alkanes of at least 4 members (excludes halogenated alkanes) is 1. The molecule has 0 aromatic carbocycles. The van der Waals surface area contributed by atoms with E-state index in [1.54, 1.807) is 0 Å². The Kier molecular flexibility index (Phi) is 11.3. The minimum absolute atomic E-state index is 0.154. The van der Waals surface area contributed by atoms with E-state index in [0.717, 1.165) is 44.1 Å². The van der Waals surface area contributed by atoms with Gasteiger partial charge < -0.3 is 5.11 Å². The highest BCUT2D eigenvalue weighted by Crippen LogP contribution is 2.19. The minimum atomic E-state index is -0.748. The van der Waals surface area contributed by atoms with Gasteiger partial charge in [-0.15, -0.1) is 23.7 Å². The fourth-order valence-electron chi connectivity index (χ4n) is 1.95. The molecule has 0 aromatic rings. The van der Waals surface area contributed by atoms with Crippen LogP contribution in [0, 0.1) is 29.6 Å². The Balaban J connectivity index is 4.21.